The Kier molecular flexibility index (Phi) is 4.18. The van der Waals surface area contributed by atoms with Crippen LogP contribution in [0.15, 0.2) is 48.7 Å². The standard InChI is InChI=1S/C19H22N2O2/c1-19(2)13-21(11-10-17(19)22)18(23)16-9-8-15(12-20-16)14-6-4-3-5-7-14/h3-9,12,17,22H,10-11,13H2,1-2H3. The zero-order valence-corrected chi connectivity index (χ0v) is 13.6. The van der Waals surface area contributed by atoms with Gasteiger partial charge < -0.3 is 10.0 Å². The fraction of sp³-hybridized carbons (Fsp3) is 0.368. The SMILES string of the molecule is CC1(C)CN(C(=O)c2ccc(-c3ccccc3)cn2)CCC1O. The van der Waals surface area contributed by atoms with Crippen molar-refractivity contribution in [1.29, 1.82) is 0 Å². The molecule has 1 aliphatic heterocycles. The van der Waals surface area contributed by atoms with Gasteiger partial charge in [-0.2, -0.15) is 0 Å². The summed E-state index contributed by atoms with van der Waals surface area (Å²) in [6.45, 7) is 5.10. The molecule has 0 bridgehead atoms. The highest BCUT2D eigenvalue weighted by molar-refractivity contribution is 5.92. The summed E-state index contributed by atoms with van der Waals surface area (Å²) >= 11 is 0. The molecule has 1 aromatic heterocycles. The third-order valence-corrected chi connectivity index (χ3v) is 4.55. The molecule has 2 heterocycles. The number of hydrogen-bond donors (Lipinski definition) is 1. The van der Waals surface area contributed by atoms with Crippen LogP contribution in [-0.2, 0) is 0 Å². The molecule has 23 heavy (non-hydrogen) atoms. The third-order valence-electron chi connectivity index (χ3n) is 4.55. The second-order valence-electron chi connectivity index (χ2n) is 6.82. The van der Waals surface area contributed by atoms with Crippen molar-refractivity contribution in [2.75, 3.05) is 13.1 Å². The summed E-state index contributed by atoms with van der Waals surface area (Å²) in [5, 5.41) is 10.0. The monoisotopic (exact) mass is 310 g/mol. The molecule has 1 fully saturated rings. The number of aromatic nitrogens is 1. The summed E-state index contributed by atoms with van der Waals surface area (Å²) in [6.07, 6.45) is 1.99. The van der Waals surface area contributed by atoms with E-state index in [0.717, 1.165) is 11.1 Å². The highest BCUT2D eigenvalue weighted by Crippen LogP contribution is 2.29. The van der Waals surface area contributed by atoms with Crippen molar-refractivity contribution in [2.24, 2.45) is 5.41 Å². The molecule has 1 aromatic carbocycles. The number of carbonyl (C=O) groups excluding carboxylic acids is 1. The van der Waals surface area contributed by atoms with Crippen molar-refractivity contribution >= 4 is 5.91 Å². The third kappa shape index (κ3) is 3.27. The van der Waals surface area contributed by atoms with Crippen LogP contribution in [0.1, 0.15) is 30.8 Å². The first kappa shape index (κ1) is 15.7. The molecule has 0 aliphatic carbocycles. The fourth-order valence-electron chi connectivity index (χ4n) is 3.00. The van der Waals surface area contributed by atoms with E-state index in [2.05, 4.69) is 4.98 Å². The number of piperidine rings is 1. The van der Waals surface area contributed by atoms with E-state index in [-0.39, 0.29) is 17.4 Å². The number of nitrogens with zero attached hydrogens (tertiary/aromatic N) is 2. The van der Waals surface area contributed by atoms with E-state index in [1.807, 2.05) is 50.2 Å². The summed E-state index contributed by atoms with van der Waals surface area (Å²) < 4.78 is 0. The predicted molar refractivity (Wildman–Crippen MR) is 90.0 cm³/mol. The number of rotatable bonds is 2. The predicted octanol–water partition coefficient (Wildman–Crippen LogP) is 2.98. The average molecular weight is 310 g/mol. The Balaban J connectivity index is 1.76. The summed E-state index contributed by atoms with van der Waals surface area (Å²) in [5.41, 5.74) is 2.26. The van der Waals surface area contributed by atoms with Crippen LogP contribution in [0.5, 0.6) is 0 Å². The Hall–Kier alpha value is -2.20. The summed E-state index contributed by atoms with van der Waals surface area (Å²) in [4.78, 5) is 18.8. The van der Waals surface area contributed by atoms with Crippen LogP contribution in [0.25, 0.3) is 11.1 Å². The number of amides is 1. The van der Waals surface area contributed by atoms with Gasteiger partial charge in [-0.15, -0.1) is 0 Å². The quantitative estimate of drug-likeness (QED) is 0.928. The number of carbonyl (C=O) groups is 1. The van der Waals surface area contributed by atoms with Gasteiger partial charge in [0.1, 0.15) is 5.69 Å². The molecular weight excluding hydrogens is 288 g/mol. The van der Waals surface area contributed by atoms with E-state index in [9.17, 15) is 9.90 Å². The first-order valence-electron chi connectivity index (χ1n) is 7.96. The van der Waals surface area contributed by atoms with Crippen LogP contribution >= 0.6 is 0 Å². The molecule has 1 atom stereocenters. The van der Waals surface area contributed by atoms with Gasteiger partial charge in [0, 0.05) is 30.3 Å². The Morgan fingerprint density at radius 2 is 1.91 bits per heavy atom. The van der Waals surface area contributed by atoms with Crippen molar-refractivity contribution in [3.05, 3.63) is 54.4 Å². The minimum absolute atomic E-state index is 0.0652. The van der Waals surface area contributed by atoms with Crippen molar-refractivity contribution in [3.63, 3.8) is 0 Å². The van der Waals surface area contributed by atoms with E-state index >= 15 is 0 Å². The molecule has 0 radical (unpaired) electrons. The van der Waals surface area contributed by atoms with Gasteiger partial charge >= 0.3 is 0 Å². The number of hydrogen-bond acceptors (Lipinski definition) is 3. The van der Waals surface area contributed by atoms with E-state index in [1.165, 1.54) is 0 Å². The highest BCUT2D eigenvalue weighted by atomic mass is 16.3. The van der Waals surface area contributed by atoms with Crippen LogP contribution in [-0.4, -0.2) is 40.1 Å². The van der Waals surface area contributed by atoms with Gasteiger partial charge in [0.2, 0.25) is 0 Å². The maximum atomic E-state index is 12.6. The Bertz CT molecular complexity index is 680. The van der Waals surface area contributed by atoms with Crippen molar-refractivity contribution in [1.82, 2.24) is 9.88 Å². The Labute approximate surface area is 136 Å². The molecule has 1 N–H and O–H groups in total. The number of aliphatic hydroxyl groups excluding tert-OH is 1. The molecule has 2 aromatic rings. The van der Waals surface area contributed by atoms with E-state index in [0.29, 0.717) is 25.2 Å². The van der Waals surface area contributed by atoms with Crippen LogP contribution in [0.3, 0.4) is 0 Å². The van der Waals surface area contributed by atoms with Crippen molar-refractivity contribution in [2.45, 2.75) is 26.4 Å². The molecular formula is C19H22N2O2. The van der Waals surface area contributed by atoms with Gasteiger partial charge in [0.15, 0.2) is 0 Å². The maximum Gasteiger partial charge on any atom is 0.272 e. The zero-order valence-electron chi connectivity index (χ0n) is 13.6. The molecule has 1 aliphatic rings. The molecule has 0 saturated carbocycles. The lowest BCUT2D eigenvalue weighted by Gasteiger charge is -2.41. The first-order valence-corrected chi connectivity index (χ1v) is 7.96. The summed E-state index contributed by atoms with van der Waals surface area (Å²) in [6, 6.07) is 13.7. The molecule has 4 heteroatoms. The number of benzene rings is 1. The van der Waals surface area contributed by atoms with E-state index in [1.54, 1.807) is 17.2 Å². The molecule has 0 spiro atoms. The molecule has 1 amide bonds. The van der Waals surface area contributed by atoms with Gasteiger partial charge in [-0.05, 0) is 18.1 Å². The summed E-state index contributed by atoms with van der Waals surface area (Å²) in [5.74, 6) is -0.0652. The second kappa shape index (κ2) is 6.13. The maximum absolute atomic E-state index is 12.6. The van der Waals surface area contributed by atoms with Gasteiger partial charge in [0.25, 0.3) is 5.91 Å². The smallest absolute Gasteiger partial charge is 0.272 e. The highest BCUT2D eigenvalue weighted by Gasteiger charge is 2.36. The van der Waals surface area contributed by atoms with Gasteiger partial charge in [-0.3, -0.25) is 9.78 Å². The second-order valence-corrected chi connectivity index (χ2v) is 6.82. The first-order chi connectivity index (χ1) is 11.0. The molecule has 4 nitrogen and oxygen atoms in total. The molecule has 1 saturated heterocycles. The summed E-state index contributed by atoms with van der Waals surface area (Å²) in [7, 11) is 0. The van der Waals surface area contributed by atoms with Crippen LogP contribution < -0.4 is 0 Å². The lowest BCUT2D eigenvalue weighted by atomic mass is 9.81. The van der Waals surface area contributed by atoms with Crippen molar-refractivity contribution in [3.8, 4) is 11.1 Å². The fourth-order valence-corrected chi connectivity index (χ4v) is 3.00. The topological polar surface area (TPSA) is 53.4 Å². The van der Waals surface area contributed by atoms with Gasteiger partial charge in [0.05, 0.1) is 6.10 Å². The average Bonchev–Trinajstić information content (AvgIpc) is 2.57. The number of likely N-dealkylation sites (tertiary alicyclic amines) is 1. The lowest BCUT2D eigenvalue weighted by molar-refractivity contribution is -0.0184. The van der Waals surface area contributed by atoms with Crippen molar-refractivity contribution < 1.29 is 9.90 Å². The van der Waals surface area contributed by atoms with Crippen LogP contribution in [0.2, 0.25) is 0 Å². The van der Waals surface area contributed by atoms with E-state index < -0.39 is 0 Å². The van der Waals surface area contributed by atoms with Crippen LogP contribution in [0.4, 0.5) is 0 Å². The van der Waals surface area contributed by atoms with Gasteiger partial charge in [-0.1, -0.05) is 50.2 Å². The van der Waals surface area contributed by atoms with Gasteiger partial charge in [-0.25, -0.2) is 0 Å². The Morgan fingerprint density at radius 1 is 1.17 bits per heavy atom. The minimum Gasteiger partial charge on any atom is -0.392 e. The molecule has 120 valence electrons. The van der Waals surface area contributed by atoms with Crippen LogP contribution in [0, 0.1) is 5.41 Å². The molecule has 1 unspecified atom stereocenters. The number of pyridine rings is 1. The number of aliphatic hydroxyl groups is 1. The molecule has 3 rings (SSSR count). The minimum atomic E-state index is -0.361. The normalized spacial score (nSPS) is 20.3. The van der Waals surface area contributed by atoms with E-state index in [4.69, 9.17) is 0 Å². The Morgan fingerprint density at radius 3 is 2.52 bits per heavy atom. The zero-order chi connectivity index (χ0) is 16.4. The lowest BCUT2D eigenvalue weighted by Crippen LogP contribution is -2.50. The largest absolute Gasteiger partial charge is 0.392 e.